The lowest BCUT2D eigenvalue weighted by Gasteiger charge is -2.22. The molecule has 1 aliphatic rings. The Morgan fingerprint density at radius 1 is 1.33 bits per heavy atom. The number of carbonyl (C=O) groups is 2. The third-order valence-electron chi connectivity index (χ3n) is 4.94. The lowest BCUT2D eigenvalue weighted by molar-refractivity contribution is 0.0661. The highest BCUT2D eigenvalue weighted by Crippen LogP contribution is 2.25. The maximum Gasteiger partial charge on any atom is 0.277 e. The van der Waals surface area contributed by atoms with Gasteiger partial charge >= 0.3 is 0 Å². The lowest BCUT2D eigenvalue weighted by atomic mass is 10.1. The van der Waals surface area contributed by atoms with Crippen LogP contribution in [0, 0.1) is 0 Å². The number of carbonyl (C=O) groups excluding carboxylic acids is 2. The van der Waals surface area contributed by atoms with Crippen LogP contribution in [0.5, 0.6) is 0 Å². The first-order chi connectivity index (χ1) is 14.5. The van der Waals surface area contributed by atoms with Crippen molar-refractivity contribution < 1.29 is 18.7 Å². The van der Waals surface area contributed by atoms with Crippen molar-refractivity contribution in [3.8, 4) is 11.5 Å². The summed E-state index contributed by atoms with van der Waals surface area (Å²) in [6.07, 6.45) is 6.86. The number of rotatable bonds is 6. The summed E-state index contributed by atoms with van der Waals surface area (Å²) < 4.78 is 12.5. The highest BCUT2D eigenvalue weighted by molar-refractivity contribution is 6.07. The maximum absolute atomic E-state index is 12.7. The molecule has 10 heteroatoms. The van der Waals surface area contributed by atoms with Crippen LogP contribution in [-0.4, -0.2) is 44.8 Å². The third kappa shape index (κ3) is 4.08. The van der Waals surface area contributed by atoms with E-state index in [0.29, 0.717) is 19.1 Å². The van der Waals surface area contributed by atoms with Crippen molar-refractivity contribution in [2.75, 3.05) is 18.5 Å². The lowest BCUT2D eigenvalue weighted by Crippen LogP contribution is -2.21. The summed E-state index contributed by atoms with van der Waals surface area (Å²) in [5, 5.41) is 6.94. The average Bonchev–Trinajstić information content (AvgIpc) is 3.42. The molecule has 156 valence electrons. The van der Waals surface area contributed by atoms with E-state index in [1.807, 2.05) is 13.0 Å². The molecule has 0 aromatic carbocycles. The second kappa shape index (κ2) is 8.46. The molecular weight excluding hydrogens is 388 g/mol. The van der Waals surface area contributed by atoms with Crippen molar-refractivity contribution in [3.05, 3.63) is 47.9 Å². The third-order valence-corrected chi connectivity index (χ3v) is 4.94. The van der Waals surface area contributed by atoms with E-state index < -0.39 is 11.8 Å². The second-order valence-electron chi connectivity index (χ2n) is 6.96. The van der Waals surface area contributed by atoms with Gasteiger partial charge in [-0.15, -0.1) is 0 Å². The number of aryl methyl sites for hydroxylation is 1. The minimum Gasteiger partial charge on any atom is -0.444 e. The van der Waals surface area contributed by atoms with Gasteiger partial charge < -0.3 is 20.2 Å². The number of hydrogen-bond acceptors (Lipinski definition) is 7. The Morgan fingerprint density at radius 2 is 2.13 bits per heavy atom. The number of primary amides is 1. The number of nitrogens with two attached hydrogens (primary N) is 1. The summed E-state index contributed by atoms with van der Waals surface area (Å²) in [7, 11) is 0. The summed E-state index contributed by atoms with van der Waals surface area (Å²) in [5.74, 6) is -0.935. The first kappa shape index (κ1) is 19.8. The molecule has 1 aliphatic heterocycles. The molecule has 0 aliphatic carbocycles. The molecule has 10 nitrogen and oxygen atoms in total. The Hall–Kier alpha value is -3.53. The van der Waals surface area contributed by atoms with Crippen LogP contribution in [0.15, 0.2) is 35.2 Å². The van der Waals surface area contributed by atoms with Crippen LogP contribution in [-0.2, 0) is 11.2 Å². The molecule has 3 aromatic rings. The molecule has 0 atom stereocenters. The van der Waals surface area contributed by atoms with Crippen LogP contribution in [0.4, 0.5) is 5.69 Å². The number of hydrogen-bond donors (Lipinski definition) is 2. The monoisotopic (exact) mass is 410 g/mol. The first-order valence-electron chi connectivity index (χ1n) is 9.74. The number of pyridine rings is 1. The van der Waals surface area contributed by atoms with Gasteiger partial charge in [-0.05, 0) is 31.4 Å². The predicted octanol–water partition coefficient (Wildman–Crippen LogP) is 2.20. The van der Waals surface area contributed by atoms with Gasteiger partial charge in [-0.25, -0.2) is 4.98 Å². The number of ether oxygens (including phenoxy) is 1. The van der Waals surface area contributed by atoms with Crippen molar-refractivity contribution >= 4 is 17.5 Å². The van der Waals surface area contributed by atoms with E-state index in [1.165, 1.54) is 6.26 Å². The van der Waals surface area contributed by atoms with E-state index in [9.17, 15) is 9.59 Å². The Kier molecular flexibility index (Phi) is 5.57. The molecule has 0 bridgehead atoms. The molecule has 4 heterocycles. The smallest absolute Gasteiger partial charge is 0.277 e. The minimum atomic E-state index is -0.721. The molecule has 0 unspecified atom stereocenters. The minimum absolute atomic E-state index is 0.000261. The molecule has 0 radical (unpaired) electrons. The largest absolute Gasteiger partial charge is 0.444 e. The number of aromatic nitrogens is 4. The number of oxazole rings is 1. The van der Waals surface area contributed by atoms with E-state index in [4.69, 9.17) is 14.9 Å². The average molecular weight is 410 g/mol. The van der Waals surface area contributed by atoms with Gasteiger partial charge in [0.05, 0.1) is 11.7 Å². The second-order valence-corrected chi connectivity index (χ2v) is 6.96. The van der Waals surface area contributed by atoms with E-state index in [0.717, 1.165) is 30.5 Å². The van der Waals surface area contributed by atoms with Crippen molar-refractivity contribution in [1.82, 2.24) is 19.7 Å². The molecule has 1 fully saturated rings. The van der Waals surface area contributed by atoms with Gasteiger partial charge in [-0.3, -0.25) is 19.3 Å². The van der Waals surface area contributed by atoms with E-state index >= 15 is 0 Å². The molecule has 4 rings (SSSR count). The van der Waals surface area contributed by atoms with E-state index in [2.05, 4.69) is 20.4 Å². The van der Waals surface area contributed by atoms with Crippen LogP contribution < -0.4 is 11.1 Å². The summed E-state index contributed by atoms with van der Waals surface area (Å²) in [6, 6.07) is 3.70. The number of amides is 2. The summed E-state index contributed by atoms with van der Waals surface area (Å²) >= 11 is 0. The topological polar surface area (TPSA) is 138 Å². The Morgan fingerprint density at radius 3 is 2.87 bits per heavy atom. The molecule has 0 saturated carbocycles. The zero-order valence-corrected chi connectivity index (χ0v) is 16.5. The van der Waals surface area contributed by atoms with Crippen LogP contribution in [0.3, 0.4) is 0 Å². The fourth-order valence-corrected chi connectivity index (χ4v) is 3.30. The molecule has 30 heavy (non-hydrogen) atoms. The van der Waals surface area contributed by atoms with Gasteiger partial charge in [0.15, 0.2) is 11.4 Å². The molecular formula is C20H22N6O4. The van der Waals surface area contributed by atoms with Gasteiger partial charge in [0.2, 0.25) is 5.89 Å². The zero-order valence-electron chi connectivity index (χ0n) is 16.5. The zero-order chi connectivity index (χ0) is 21.1. The van der Waals surface area contributed by atoms with Crippen LogP contribution in [0.1, 0.15) is 52.5 Å². The first-order valence-corrected chi connectivity index (χ1v) is 9.74. The fourth-order valence-electron chi connectivity index (χ4n) is 3.30. The van der Waals surface area contributed by atoms with Crippen molar-refractivity contribution in [1.29, 1.82) is 0 Å². The maximum atomic E-state index is 12.7. The molecule has 0 spiro atoms. The van der Waals surface area contributed by atoms with Crippen LogP contribution in [0.25, 0.3) is 11.5 Å². The predicted molar refractivity (Wildman–Crippen MR) is 107 cm³/mol. The number of nitrogens with zero attached hydrogens (tertiary/aromatic N) is 4. The Bertz CT molecular complexity index is 1070. The highest BCUT2D eigenvalue weighted by Gasteiger charge is 2.23. The standard InChI is InChI=1S/C20H22N6O4/c1-2-13-9-12(3-6-22-13)20-24-16(11-30-20)19(28)23-15-10-26(25-17(15)18(21)27)14-4-7-29-8-5-14/h3,6,9-11,14H,2,4-5,7-8H2,1H3,(H2,21,27)(H,23,28). The van der Waals surface area contributed by atoms with Gasteiger partial charge in [-0.1, -0.05) is 6.92 Å². The highest BCUT2D eigenvalue weighted by atomic mass is 16.5. The van der Waals surface area contributed by atoms with Crippen LogP contribution >= 0.6 is 0 Å². The Labute approximate surface area is 172 Å². The van der Waals surface area contributed by atoms with Crippen molar-refractivity contribution in [2.24, 2.45) is 5.73 Å². The van der Waals surface area contributed by atoms with Gasteiger partial charge in [-0.2, -0.15) is 5.10 Å². The summed E-state index contributed by atoms with van der Waals surface area (Å²) in [5.41, 5.74) is 7.38. The summed E-state index contributed by atoms with van der Waals surface area (Å²) in [4.78, 5) is 33.0. The van der Waals surface area contributed by atoms with Crippen LogP contribution in [0.2, 0.25) is 0 Å². The van der Waals surface area contributed by atoms with Gasteiger partial charge in [0, 0.05) is 36.9 Å². The van der Waals surface area contributed by atoms with Crippen molar-refractivity contribution in [2.45, 2.75) is 32.2 Å². The fraction of sp³-hybridized carbons (Fsp3) is 0.350. The quantitative estimate of drug-likeness (QED) is 0.635. The SMILES string of the molecule is CCc1cc(-c2nc(C(=O)Nc3cn(C4CCOCC4)nc3C(N)=O)co2)ccn1. The summed E-state index contributed by atoms with van der Waals surface area (Å²) in [6.45, 7) is 3.24. The number of nitrogens with one attached hydrogen (secondary N) is 1. The van der Waals surface area contributed by atoms with Crippen molar-refractivity contribution in [3.63, 3.8) is 0 Å². The molecule has 1 saturated heterocycles. The van der Waals surface area contributed by atoms with E-state index in [1.54, 1.807) is 23.1 Å². The molecule has 3 aromatic heterocycles. The molecule has 3 N–H and O–H groups in total. The normalized spacial score (nSPS) is 14.6. The van der Waals surface area contributed by atoms with Gasteiger partial charge in [0.25, 0.3) is 11.8 Å². The number of anilines is 1. The molecule has 2 amide bonds. The van der Waals surface area contributed by atoms with E-state index in [-0.39, 0.29) is 23.1 Å². The van der Waals surface area contributed by atoms with Gasteiger partial charge in [0.1, 0.15) is 6.26 Å². The Balaban J connectivity index is 1.54.